The van der Waals surface area contributed by atoms with E-state index in [1.54, 1.807) is 6.08 Å². The summed E-state index contributed by atoms with van der Waals surface area (Å²) in [6.07, 6.45) is 0.399. The molecule has 0 spiro atoms. The zero-order chi connectivity index (χ0) is 18.6. The van der Waals surface area contributed by atoms with Crippen molar-refractivity contribution in [3.8, 4) is 6.07 Å². The molecule has 0 unspecified atom stereocenters. The van der Waals surface area contributed by atoms with Gasteiger partial charge < -0.3 is 5.32 Å². The topological polar surface area (TPSA) is 48.7 Å². The van der Waals surface area contributed by atoms with Crippen LogP contribution in [0.15, 0.2) is 42.6 Å². The van der Waals surface area contributed by atoms with Crippen LogP contribution in [0.5, 0.6) is 0 Å². The van der Waals surface area contributed by atoms with E-state index >= 15 is 0 Å². The number of nitrogens with one attached hydrogen (secondary N) is 1. The summed E-state index contributed by atoms with van der Waals surface area (Å²) >= 11 is 0. The highest BCUT2D eigenvalue weighted by Gasteiger charge is 2.31. The van der Waals surface area contributed by atoms with Gasteiger partial charge in [-0.1, -0.05) is 30.3 Å². The Kier molecular flexibility index (Phi) is 5.38. The van der Waals surface area contributed by atoms with E-state index in [0.717, 1.165) is 43.8 Å². The van der Waals surface area contributed by atoms with Gasteiger partial charge in [-0.3, -0.25) is 4.98 Å². The standard InChI is InChI=1S/C20H18F3N3/c21-20(22,23)19-6-1-14(13-26-19)11-18(12-24)16-4-2-15(3-5-16)17-7-9-25-10-8-17/h1-6,11,13,17,25H,7-10H2/b18-11+. The van der Waals surface area contributed by atoms with Gasteiger partial charge in [0.25, 0.3) is 0 Å². The first-order valence-electron chi connectivity index (χ1n) is 8.43. The van der Waals surface area contributed by atoms with E-state index in [9.17, 15) is 18.4 Å². The van der Waals surface area contributed by atoms with Crippen molar-refractivity contribution in [3.63, 3.8) is 0 Å². The predicted octanol–water partition coefficient (Wildman–Crippen LogP) is 4.63. The molecule has 0 saturated carbocycles. The van der Waals surface area contributed by atoms with Gasteiger partial charge in [-0.2, -0.15) is 18.4 Å². The van der Waals surface area contributed by atoms with Gasteiger partial charge in [0.1, 0.15) is 5.69 Å². The molecule has 1 aliphatic heterocycles. The van der Waals surface area contributed by atoms with Gasteiger partial charge in [-0.15, -0.1) is 0 Å². The second kappa shape index (κ2) is 7.71. The third-order valence-corrected chi connectivity index (χ3v) is 4.54. The Morgan fingerprint density at radius 2 is 1.81 bits per heavy atom. The molecule has 1 aromatic carbocycles. The van der Waals surface area contributed by atoms with E-state index in [1.165, 1.54) is 11.6 Å². The van der Waals surface area contributed by atoms with E-state index in [-0.39, 0.29) is 0 Å². The number of allylic oxidation sites excluding steroid dienone is 1. The van der Waals surface area contributed by atoms with Gasteiger partial charge in [0.2, 0.25) is 0 Å². The zero-order valence-corrected chi connectivity index (χ0v) is 14.1. The number of hydrogen-bond donors (Lipinski definition) is 1. The summed E-state index contributed by atoms with van der Waals surface area (Å²) in [5.41, 5.74) is 1.90. The number of piperidine rings is 1. The largest absolute Gasteiger partial charge is 0.433 e. The second-order valence-electron chi connectivity index (χ2n) is 6.29. The number of aromatic nitrogens is 1. The summed E-state index contributed by atoms with van der Waals surface area (Å²) < 4.78 is 37.7. The molecule has 0 atom stereocenters. The lowest BCUT2D eigenvalue weighted by Crippen LogP contribution is -2.26. The maximum atomic E-state index is 12.6. The maximum absolute atomic E-state index is 12.6. The minimum absolute atomic E-state index is 0.392. The van der Waals surface area contributed by atoms with Crippen molar-refractivity contribution in [2.24, 2.45) is 0 Å². The van der Waals surface area contributed by atoms with E-state index < -0.39 is 11.9 Å². The molecule has 3 nitrogen and oxygen atoms in total. The summed E-state index contributed by atoms with van der Waals surface area (Å²) in [7, 11) is 0. The third kappa shape index (κ3) is 4.30. The zero-order valence-electron chi connectivity index (χ0n) is 14.1. The molecule has 26 heavy (non-hydrogen) atoms. The Balaban J connectivity index is 1.79. The van der Waals surface area contributed by atoms with E-state index in [0.29, 0.717) is 17.1 Å². The molecule has 0 bridgehead atoms. The van der Waals surface area contributed by atoms with Crippen molar-refractivity contribution in [3.05, 3.63) is 65.0 Å². The van der Waals surface area contributed by atoms with Gasteiger partial charge in [0.05, 0.1) is 11.6 Å². The van der Waals surface area contributed by atoms with Gasteiger partial charge in [-0.05, 0) is 60.7 Å². The average Bonchev–Trinajstić information content (AvgIpc) is 2.67. The first-order chi connectivity index (χ1) is 12.5. The van der Waals surface area contributed by atoms with Gasteiger partial charge in [0.15, 0.2) is 0 Å². The molecule has 1 aromatic heterocycles. The predicted molar refractivity (Wildman–Crippen MR) is 94.0 cm³/mol. The van der Waals surface area contributed by atoms with Crippen molar-refractivity contribution in [2.75, 3.05) is 13.1 Å². The smallest absolute Gasteiger partial charge is 0.317 e. The van der Waals surface area contributed by atoms with Crippen molar-refractivity contribution in [2.45, 2.75) is 24.9 Å². The Hall–Kier alpha value is -2.65. The van der Waals surface area contributed by atoms with E-state index in [2.05, 4.69) is 16.4 Å². The highest BCUT2D eigenvalue weighted by molar-refractivity contribution is 5.89. The molecule has 2 heterocycles. The molecule has 6 heteroatoms. The Morgan fingerprint density at radius 3 is 2.35 bits per heavy atom. The maximum Gasteiger partial charge on any atom is 0.433 e. The monoisotopic (exact) mass is 357 g/mol. The number of pyridine rings is 1. The normalized spacial score (nSPS) is 16.3. The number of halogens is 3. The summed E-state index contributed by atoms with van der Waals surface area (Å²) in [6.45, 7) is 2.02. The van der Waals surface area contributed by atoms with Crippen LogP contribution < -0.4 is 5.32 Å². The molecule has 1 fully saturated rings. The van der Waals surface area contributed by atoms with Gasteiger partial charge >= 0.3 is 6.18 Å². The molecule has 1 saturated heterocycles. The Morgan fingerprint density at radius 1 is 1.12 bits per heavy atom. The number of rotatable bonds is 3. The van der Waals surface area contributed by atoms with Crippen LogP contribution in [0, 0.1) is 11.3 Å². The molecule has 1 N–H and O–H groups in total. The van der Waals surface area contributed by atoms with Gasteiger partial charge in [0, 0.05) is 6.20 Å². The minimum Gasteiger partial charge on any atom is -0.317 e. The Labute approximate surface area is 150 Å². The number of nitriles is 1. The Bertz CT molecular complexity index is 809. The van der Waals surface area contributed by atoms with E-state index in [1.807, 2.05) is 24.3 Å². The van der Waals surface area contributed by atoms with Crippen molar-refractivity contribution in [1.29, 1.82) is 5.26 Å². The molecule has 3 rings (SSSR count). The first kappa shape index (κ1) is 18.2. The fraction of sp³-hybridized carbons (Fsp3) is 0.300. The highest BCUT2D eigenvalue weighted by atomic mass is 19.4. The quantitative estimate of drug-likeness (QED) is 0.815. The summed E-state index contributed by atoms with van der Waals surface area (Å²) in [5, 5.41) is 12.8. The minimum atomic E-state index is -4.47. The molecule has 1 aliphatic rings. The number of benzene rings is 1. The van der Waals surface area contributed by atoms with Crippen molar-refractivity contribution >= 4 is 11.6 Å². The van der Waals surface area contributed by atoms with Crippen LogP contribution >= 0.6 is 0 Å². The number of nitrogens with zero attached hydrogens (tertiary/aromatic N) is 2. The molecular weight excluding hydrogens is 339 g/mol. The van der Waals surface area contributed by atoms with Crippen molar-refractivity contribution in [1.82, 2.24) is 10.3 Å². The summed E-state index contributed by atoms with van der Waals surface area (Å²) in [5.74, 6) is 0.527. The summed E-state index contributed by atoms with van der Waals surface area (Å²) in [6, 6.07) is 12.2. The molecule has 2 aromatic rings. The molecule has 0 aliphatic carbocycles. The van der Waals surface area contributed by atoms with Gasteiger partial charge in [-0.25, -0.2) is 0 Å². The van der Waals surface area contributed by atoms with Crippen LogP contribution in [0.4, 0.5) is 13.2 Å². The second-order valence-corrected chi connectivity index (χ2v) is 6.29. The molecule has 0 radical (unpaired) electrons. The van der Waals surface area contributed by atoms with E-state index in [4.69, 9.17) is 0 Å². The number of alkyl halides is 3. The van der Waals surface area contributed by atoms with Crippen LogP contribution in [-0.2, 0) is 6.18 Å². The lowest BCUT2D eigenvalue weighted by atomic mass is 9.89. The summed E-state index contributed by atoms with van der Waals surface area (Å²) in [4.78, 5) is 3.42. The number of hydrogen-bond acceptors (Lipinski definition) is 3. The lowest BCUT2D eigenvalue weighted by Gasteiger charge is -2.23. The molecular formula is C20H18F3N3. The van der Waals surface area contributed by atoms with Crippen LogP contribution in [0.3, 0.4) is 0 Å². The van der Waals surface area contributed by atoms with Crippen molar-refractivity contribution < 1.29 is 13.2 Å². The SMILES string of the molecule is N#C/C(=C\c1ccc(C(F)(F)F)nc1)c1ccc(C2CCNCC2)cc1. The molecule has 0 amide bonds. The fourth-order valence-electron chi connectivity index (χ4n) is 3.10. The van der Waals surface area contributed by atoms with Crippen LogP contribution in [-0.4, -0.2) is 18.1 Å². The lowest BCUT2D eigenvalue weighted by molar-refractivity contribution is -0.141. The highest BCUT2D eigenvalue weighted by Crippen LogP contribution is 2.29. The van der Waals surface area contributed by atoms with Crippen LogP contribution in [0.2, 0.25) is 0 Å². The van der Waals surface area contributed by atoms with Crippen LogP contribution in [0.25, 0.3) is 11.6 Å². The van der Waals surface area contributed by atoms with Crippen LogP contribution in [0.1, 0.15) is 41.1 Å². The third-order valence-electron chi connectivity index (χ3n) is 4.54. The average molecular weight is 357 g/mol. The fourth-order valence-corrected chi connectivity index (χ4v) is 3.10. The molecule has 134 valence electrons. The first-order valence-corrected chi connectivity index (χ1v) is 8.43.